The van der Waals surface area contributed by atoms with Crippen LogP contribution in [0.25, 0.3) is 27.5 Å². The summed E-state index contributed by atoms with van der Waals surface area (Å²) in [5.41, 5.74) is 6.70. The third kappa shape index (κ3) is 4.41. The molecule has 0 saturated carbocycles. The highest BCUT2D eigenvalue weighted by Gasteiger charge is 2.42. The Bertz CT molecular complexity index is 2690. The lowest BCUT2D eigenvalue weighted by atomic mass is 9.35. The summed E-state index contributed by atoms with van der Waals surface area (Å²) >= 11 is 0. The normalized spacial score (nSPS) is 12.8. The van der Waals surface area contributed by atoms with Gasteiger partial charge in [-0.2, -0.15) is 0 Å². The van der Waals surface area contributed by atoms with E-state index in [1.165, 1.54) is 31.5 Å². The number of para-hydroxylation sites is 3. The van der Waals surface area contributed by atoms with Crippen molar-refractivity contribution in [3.63, 3.8) is 0 Å². The minimum atomic E-state index is -2.73. The first-order valence-electron chi connectivity index (χ1n) is 18.2. The van der Waals surface area contributed by atoms with E-state index in [2.05, 4.69) is 187 Å². The van der Waals surface area contributed by atoms with Crippen LogP contribution in [0.5, 0.6) is 23.0 Å². The topological polar surface area (TPSA) is 23.4 Å². The molecule has 0 amide bonds. The third-order valence-electron chi connectivity index (χ3n) is 11.3. The van der Waals surface area contributed by atoms with Crippen LogP contribution in [0.4, 0.5) is 0 Å². The average Bonchev–Trinajstić information content (AvgIpc) is 3.56. The summed E-state index contributed by atoms with van der Waals surface area (Å²) in [7, 11) is -2.73. The minimum Gasteiger partial charge on any atom is -0.458 e. The maximum atomic E-state index is 6.73. The summed E-state index contributed by atoms with van der Waals surface area (Å²) in [5, 5.41) is 7.86. The first-order valence-corrected chi connectivity index (χ1v) is 20.2. The van der Waals surface area contributed by atoms with Crippen LogP contribution in [0.1, 0.15) is 0 Å². The number of rotatable bonds is 5. The van der Waals surface area contributed by atoms with Crippen LogP contribution in [-0.2, 0) is 0 Å². The summed E-state index contributed by atoms with van der Waals surface area (Å²) in [6.45, 7) is 0.0386. The molecule has 0 fully saturated rings. The lowest BCUT2D eigenvalue weighted by molar-refractivity contribution is 0.464. The van der Waals surface area contributed by atoms with Crippen LogP contribution in [0.3, 0.4) is 0 Å². The predicted molar refractivity (Wildman–Crippen MR) is 222 cm³/mol. The number of fused-ring (bicyclic) bond motifs is 7. The van der Waals surface area contributed by atoms with E-state index in [1.807, 2.05) is 12.1 Å². The fourth-order valence-corrected chi connectivity index (χ4v) is 13.8. The summed E-state index contributed by atoms with van der Waals surface area (Å²) in [5.74, 6) is 3.45. The second kappa shape index (κ2) is 11.7. The second-order valence-corrected chi connectivity index (χ2v) is 17.8. The molecule has 2 aliphatic rings. The van der Waals surface area contributed by atoms with Crippen LogP contribution < -0.4 is 46.6 Å². The second-order valence-electron chi connectivity index (χ2n) is 14.0. The van der Waals surface area contributed by atoms with Gasteiger partial charge in [0.1, 0.15) is 23.0 Å². The Morgan fingerprint density at radius 2 is 0.849 bits per heavy atom. The highest BCUT2D eigenvalue weighted by molar-refractivity contribution is 7.20. The average molecular weight is 694 g/mol. The van der Waals surface area contributed by atoms with Gasteiger partial charge in [-0.1, -0.05) is 158 Å². The molecule has 0 N–H and O–H groups in total. The van der Waals surface area contributed by atoms with Crippen LogP contribution in [0, 0.1) is 0 Å². The highest BCUT2D eigenvalue weighted by atomic mass is 28.3. The minimum absolute atomic E-state index is 0.0386. The van der Waals surface area contributed by atoms with Gasteiger partial charge in [0, 0.05) is 28.4 Å². The fourth-order valence-electron chi connectivity index (χ4n) is 9.06. The molecular weight excluding hydrogens is 661 g/mol. The Hall–Kier alpha value is -6.56. The smallest absolute Gasteiger partial charge is 0.260 e. The molecule has 0 spiro atoms. The van der Waals surface area contributed by atoms with E-state index in [-0.39, 0.29) is 6.71 Å². The first-order chi connectivity index (χ1) is 26.3. The fraction of sp³-hybridized carbons (Fsp3) is 0. The maximum Gasteiger partial charge on any atom is 0.260 e. The van der Waals surface area contributed by atoms with Crippen molar-refractivity contribution in [3.05, 3.63) is 194 Å². The van der Waals surface area contributed by atoms with E-state index in [0.29, 0.717) is 0 Å². The predicted octanol–water partition coefficient (Wildman–Crippen LogP) is 6.89. The number of hydrogen-bond acceptors (Lipinski definition) is 2. The lowest BCUT2D eigenvalue weighted by Crippen LogP contribution is -2.74. The van der Waals surface area contributed by atoms with Gasteiger partial charge in [0.25, 0.3) is 6.71 Å². The van der Waals surface area contributed by atoms with Crippen LogP contribution in [0.2, 0.25) is 0 Å². The monoisotopic (exact) mass is 693 g/mol. The van der Waals surface area contributed by atoms with Crippen molar-refractivity contribution in [1.29, 1.82) is 0 Å². The third-order valence-corrected chi connectivity index (χ3v) is 16.0. The summed E-state index contributed by atoms with van der Waals surface area (Å²) in [6, 6.07) is 70.5. The molecule has 8 aromatic carbocycles. The molecule has 0 unspecified atom stereocenters. The standard InChI is InChI=1S/C48H32BNO2Si/c1-4-16-34(17-5-1)53(35-18-6-2-7-19-35,36-20-8-3-9-21-36)37-28-29-43-39(32-37)38-22-10-13-25-42(38)50(43)33-30-46-48-47(31-33)52-45-27-15-12-24-41(45)49(48)40-23-11-14-26-44(40)51-46/h1-32H. The van der Waals surface area contributed by atoms with Crippen molar-refractivity contribution in [1.82, 2.24) is 4.57 Å². The molecule has 0 bridgehead atoms. The summed E-state index contributed by atoms with van der Waals surface area (Å²) in [4.78, 5) is 0. The van der Waals surface area contributed by atoms with Crippen molar-refractivity contribution in [2.24, 2.45) is 0 Å². The van der Waals surface area contributed by atoms with Crippen LogP contribution in [0.15, 0.2) is 194 Å². The Morgan fingerprint density at radius 1 is 0.377 bits per heavy atom. The van der Waals surface area contributed by atoms with Crippen molar-refractivity contribution in [2.75, 3.05) is 0 Å². The van der Waals surface area contributed by atoms with Gasteiger partial charge in [-0.15, -0.1) is 0 Å². The Kier molecular flexibility index (Phi) is 6.67. The van der Waals surface area contributed by atoms with Crippen LogP contribution >= 0.6 is 0 Å². The number of aromatic nitrogens is 1. The number of ether oxygens (including phenoxy) is 2. The van der Waals surface area contributed by atoms with Gasteiger partial charge in [0.2, 0.25) is 0 Å². The molecule has 11 rings (SSSR count). The number of hydrogen-bond donors (Lipinski definition) is 0. The van der Waals surface area contributed by atoms with Gasteiger partial charge in [0.05, 0.1) is 16.7 Å². The van der Waals surface area contributed by atoms with Crippen molar-refractivity contribution < 1.29 is 9.47 Å². The molecule has 0 atom stereocenters. The van der Waals surface area contributed by atoms with Gasteiger partial charge in [-0.3, -0.25) is 0 Å². The van der Waals surface area contributed by atoms with Crippen molar-refractivity contribution in [3.8, 4) is 28.7 Å². The quantitative estimate of drug-likeness (QED) is 0.145. The van der Waals surface area contributed by atoms with E-state index in [0.717, 1.165) is 56.1 Å². The summed E-state index contributed by atoms with van der Waals surface area (Å²) < 4.78 is 15.8. The molecule has 3 nitrogen and oxygen atoms in total. The summed E-state index contributed by atoms with van der Waals surface area (Å²) in [6.07, 6.45) is 0. The van der Waals surface area contributed by atoms with Gasteiger partial charge in [-0.25, -0.2) is 0 Å². The van der Waals surface area contributed by atoms with Gasteiger partial charge in [0.15, 0.2) is 8.07 Å². The molecule has 248 valence electrons. The molecule has 0 aliphatic carbocycles. The van der Waals surface area contributed by atoms with Gasteiger partial charge >= 0.3 is 0 Å². The van der Waals surface area contributed by atoms with Crippen LogP contribution in [-0.4, -0.2) is 19.4 Å². The largest absolute Gasteiger partial charge is 0.458 e. The molecule has 0 radical (unpaired) electrons. The highest BCUT2D eigenvalue weighted by Crippen LogP contribution is 2.39. The Labute approximate surface area is 309 Å². The lowest BCUT2D eigenvalue weighted by Gasteiger charge is -2.34. The zero-order valence-electron chi connectivity index (χ0n) is 28.8. The molecule has 9 aromatic rings. The molecule has 53 heavy (non-hydrogen) atoms. The number of nitrogens with zero attached hydrogens (tertiary/aromatic N) is 1. The molecule has 2 aliphatic heterocycles. The molecule has 0 saturated heterocycles. The van der Waals surface area contributed by atoms with Gasteiger partial charge in [-0.05, 0) is 55.9 Å². The zero-order chi connectivity index (χ0) is 34.9. The van der Waals surface area contributed by atoms with E-state index < -0.39 is 8.07 Å². The molecule has 3 heterocycles. The maximum absolute atomic E-state index is 6.73. The van der Waals surface area contributed by atoms with Crippen molar-refractivity contribution in [2.45, 2.75) is 0 Å². The van der Waals surface area contributed by atoms with E-state index in [1.54, 1.807) is 0 Å². The Morgan fingerprint density at radius 3 is 1.42 bits per heavy atom. The Balaban J connectivity index is 1.17. The number of benzene rings is 8. The van der Waals surface area contributed by atoms with Crippen molar-refractivity contribution >= 4 is 73.7 Å². The zero-order valence-corrected chi connectivity index (χ0v) is 29.8. The molecular formula is C48H32BNO2Si. The van der Waals surface area contributed by atoms with E-state index >= 15 is 0 Å². The molecule has 1 aromatic heterocycles. The molecule has 5 heteroatoms. The van der Waals surface area contributed by atoms with E-state index in [4.69, 9.17) is 9.47 Å². The van der Waals surface area contributed by atoms with E-state index in [9.17, 15) is 0 Å². The SMILES string of the molecule is c1ccc([Si](c2ccccc2)(c2ccccc2)c2ccc3c(c2)c2ccccc2n3-c2cc3c4c(c2)Oc2ccccc2B4c2ccccc2O3)cc1. The van der Waals surface area contributed by atoms with Gasteiger partial charge < -0.3 is 14.0 Å². The first kappa shape index (κ1) is 30.1.